The molecule has 0 radical (unpaired) electrons. The largest absolute Gasteiger partial charge is 0.452 e. The van der Waals surface area contributed by atoms with Crippen LogP contribution in [-0.4, -0.2) is 30.3 Å². The molecular weight excluding hydrogens is 354 g/mol. The molecule has 0 aliphatic rings. The van der Waals surface area contributed by atoms with E-state index in [1.165, 1.54) is 6.07 Å². The quantitative estimate of drug-likeness (QED) is 0.526. The van der Waals surface area contributed by atoms with E-state index in [1.807, 2.05) is 13.0 Å². The van der Waals surface area contributed by atoms with Gasteiger partial charge in [0.25, 0.3) is 5.91 Å². The Bertz CT molecular complexity index is 814. The first-order chi connectivity index (χ1) is 13.4. The van der Waals surface area contributed by atoms with Crippen LogP contribution >= 0.6 is 0 Å². The lowest BCUT2D eigenvalue weighted by Crippen LogP contribution is -2.36. The molecule has 0 saturated carbocycles. The number of carbonyl (C=O) groups is 3. The third kappa shape index (κ3) is 6.34. The summed E-state index contributed by atoms with van der Waals surface area (Å²) in [5, 5.41) is 2.82. The summed E-state index contributed by atoms with van der Waals surface area (Å²) in [7, 11) is 0. The Labute approximate surface area is 166 Å². The molecule has 148 valence electrons. The van der Waals surface area contributed by atoms with Gasteiger partial charge >= 0.3 is 5.97 Å². The molecular formula is C23H27NO4. The number of nitrogens with one attached hydrogen (secondary N) is 1. The van der Waals surface area contributed by atoms with E-state index in [0.717, 1.165) is 12.8 Å². The van der Waals surface area contributed by atoms with E-state index in [4.69, 9.17) is 4.74 Å². The van der Waals surface area contributed by atoms with Gasteiger partial charge in [-0.05, 0) is 31.7 Å². The first kappa shape index (κ1) is 21.4. The van der Waals surface area contributed by atoms with Crippen LogP contribution in [-0.2, 0) is 9.53 Å². The van der Waals surface area contributed by atoms with Crippen molar-refractivity contribution >= 4 is 17.7 Å². The van der Waals surface area contributed by atoms with Crippen molar-refractivity contribution in [3.8, 4) is 0 Å². The van der Waals surface area contributed by atoms with Crippen molar-refractivity contribution in [3.63, 3.8) is 0 Å². The van der Waals surface area contributed by atoms with E-state index in [-0.39, 0.29) is 35.5 Å². The van der Waals surface area contributed by atoms with Gasteiger partial charge in [-0.3, -0.25) is 9.59 Å². The summed E-state index contributed by atoms with van der Waals surface area (Å²) >= 11 is 0. The molecule has 1 N–H and O–H groups in total. The van der Waals surface area contributed by atoms with Crippen LogP contribution in [0.4, 0.5) is 0 Å². The van der Waals surface area contributed by atoms with Crippen LogP contribution in [0.25, 0.3) is 0 Å². The Balaban J connectivity index is 1.98. The second kappa shape index (κ2) is 10.4. The number of hydrogen-bond acceptors (Lipinski definition) is 4. The van der Waals surface area contributed by atoms with Crippen molar-refractivity contribution in [3.05, 3.63) is 71.3 Å². The van der Waals surface area contributed by atoms with E-state index in [2.05, 4.69) is 19.2 Å². The number of ether oxygens (including phenoxy) is 1. The summed E-state index contributed by atoms with van der Waals surface area (Å²) < 4.78 is 5.14. The minimum absolute atomic E-state index is 0.0144. The number of hydrogen-bond donors (Lipinski definition) is 1. The Hall–Kier alpha value is -2.95. The molecule has 28 heavy (non-hydrogen) atoms. The molecule has 1 atom stereocenters. The Morgan fingerprint density at radius 3 is 2.11 bits per heavy atom. The molecule has 2 rings (SSSR count). The van der Waals surface area contributed by atoms with Crippen molar-refractivity contribution in [1.29, 1.82) is 0 Å². The van der Waals surface area contributed by atoms with Crippen molar-refractivity contribution in [2.75, 3.05) is 6.61 Å². The normalized spacial score (nSPS) is 11.7. The van der Waals surface area contributed by atoms with Gasteiger partial charge in [-0.15, -0.1) is 0 Å². The van der Waals surface area contributed by atoms with Crippen LogP contribution in [0.15, 0.2) is 54.6 Å². The first-order valence-corrected chi connectivity index (χ1v) is 9.53. The molecule has 1 amide bonds. The highest BCUT2D eigenvalue weighted by molar-refractivity contribution is 6.14. The van der Waals surface area contributed by atoms with Crippen LogP contribution in [0.2, 0.25) is 0 Å². The standard InChI is InChI=1S/C23H27NO4/c1-16(2)13-14-17(3)24-21(25)15-28-23(27)20-12-8-7-11-19(20)22(26)18-9-5-4-6-10-18/h4-12,16-17H,13-15H2,1-3H3,(H,24,25)/t17-/m0/s1. The second-order valence-electron chi connectivity index (χ2n) is 7.26. The van der Waals surface area contributed by atoms with Crippen molar-refractivity contribution in [1.82, 2.24) is 5.32 Å². The molecule has 0 aromatic heterocycles. The lowest BCUT2D eigenvalue weighted by Gasteiger charge is -2.15. The molecule has 0 fully saturated rings. The van der Waals surface area contributed by atoms with E-state index in [1.54, 1.807) is 42.5 Å². The lowest BCUT2D eigenvalue weighted by molar-refractivity contribution is -0.124. The Kier molecular flexibility index (Phi) is 7.93. The molecule has 5 heteroatoms. The summed E-state index contributed by atoms with van der Waals surface area (Å²) in [5.41, 5.74) is 0.890. The van der Waals surface area contributed by atoms with Gasteiger partial charge in [0.2, 0.25) is 0 Å². The van der Waals surface area contributed by atoms with E-state index in [9.17, 15) is 14.4 Å². The molecule has 0 saturated heterocycles. The average Bonchev–Trinajstić information content (AvgIpc) is 2.70. The van der Waals surface area contributed by atoms with Gasteiger partial charge in [0.15, 0.2) is 12.4 Å². The first-order valence-electron chi connectivity index (χ1n) is 9.53. The zero-order valence-electron chi connectivity index (χ0n) is 16.6. The molecule has 0 unspecified atom stereocenters. The van der Waals surface area contributed by atoms with Gasteiger partial charge in [0.1, 0.15) is 0 Å². The van der Waals surface area contributed by atoms with Crippen LogP contribution in [0.1, 0.15) is 59.9 Å². The van der Waals surface area contributed by atoms with E-state index in [0.29, 0.717) is 11.5 Å². The Morgan fingerprint density at radius 2 is 1.46 bits per heavy atom. The minimum Gasteiger partial charge on any atom is -0.452 e. The monoisotopic (exact) mass is 381 g/mol. The van der Waals surface area contributed by atoms with Crippen molar-refractivity contribution in [2.24, 2.45) is 5.92 Å². The van der Waals surface area contributed by atoms with Crippen LogP contribution < -0.4 is 5.32 Å². The fourth-order valence-corrected chi connectivity index (χ4v) is 2.78. The third-order valence-electron chi connectivity index (χ3n) is 4.35. The number of amides is 1. The zero-order chi connectivity index (χ0) is 20.5. The molecule has 2 aromatic rings. The average molecular weight is 381 g/mol. The zero-order valence-corrected chi connectivity index (χ0v) is 16.6. The predicted octanol–water partition coefficient (Wildman–Crippen LogP) is 4.02. The molecule has 0 aliphatic carbocycles. The minimum atomic E-state index is -0.690. The lowest BCUT2D eigenvalue weighted by atomic mass is 9.98. The summed E-state index contributed by atoms with van der Waals surface area (Å²) in [6, 6.07) is 15.2. The number of benzene rings is 2. The number of esters is 1. The van der Waals surface area contributed by atoms with Crippen LogP contribution in [0.5, 0.6) is 0 Å². The third-order valence-corrected chi connectivity index (χ3v) is 4.35. The highest BCUT2D eigenvalue weighted by Crippen LogP contribution is 2.16. The SMILES string of the molecule is CC(C)CC[C@H](C)NC(=O)COC(=O)c1ccccc1C(=O)c1ccccc1. The maximum atomic E-state index is 12.7. The molecule has 5 nitrogen and oxygen atoms in total. The molecule has 0 aliphatic heterocycles. The topological polar surface area (TPSA) is 72.5 Å². The summed E-state index contributed by atoms with van der Waals surface area (Å²) in [5.74, 6) is -0.739. The summed E-state index contributed by atoms with van der Waals surface area (Å²) in [4.78, 5) is 37.2. The van der Waals surface area contributed by atoms with Crippen LogP contribution in [0.3, 0.4) is 0 Å². The maximum absolute atomic E-state index is 12.7. The fourth-order valence-electron chi connectivity index (χ4n) is 2.78. The maximum Gasteiger partial charge on any atom is 0.339 e. The molecule has 2 aromatic carbocycles. The van der Waals surface area contributed by atoms with Gasteiger partial charge in [-0.25, -0.2) is 4.79 Å². The number of rotatable bonds is 9. The van der Waals surface area contributed by atoms with Crippen molar-refractivity contribution in [2.45, 2.75) is 39.7 Å². The van der Waals surface area contributed by atoms with Crippen molar-refractivity contribution < 1.29 is 19.1 Å². The predicted molar refractivity (Wildman–Crippen MR) is 108 cm³/mol. The van der Waals surface area contributed by atoms with Gasteiger partial charge in [0.05, 0.1) is 5.56 Å². The highest BCUT2D eigenvalue weighted by atomic mass is 16.5. The fraction of sp³-hybridized carbons (Fsp3) is 0.348. The van der Waals surface area contributed by atoms with E-state index < -0.39 is 5.97 Å². The molecule has 0 spiro atoms. The van der Waals surface area contributed by atoms with Gasteiger partial charge in [0, 0.05) is 17.2 Å². The van der Waals surface area contributed by atoms with Gasteiger partial charge in [-0.2, -0.15) is 0 Å². The summed E-state index contributed by atoms with van der Waals surface area (Å²) in [6.45, 7) is 5.81. The highest BCUT2D eigenvalue weighted by Gasteiger charge is 2.20. The second-order valence-corrected chi connectivity index (χ2v) is 7.26. The number of carbonyl (C=O) groups excluding carboxylic acids is 3. The molecule has 0 bridgehead atoms. The smallest absolute Gasteiger partial charge is 0.339 e. The Morgan fingerprint density at radius 1 is 0.857 bits per heavy atom. The van der Waals surface area contributed by atoms with Crippen LogP contribution in [0, 0.1) is 5.92 Å². The molecule has 0 heterocycles. The summed E-state index contributed by atoms with van der Waals surface area (Å²) in [6.07, 6.45) is 1.88. The van der Waals surface area contributed by atoms with Gasteiger partial charge in [-0.1, -0.05) is 62.4 Å². The number of ketones is 1. The van der Waals surface area contributed by atoms with Gasteiger partial charge < -0.3 is 10.1 Å². The van der Waals surface area contributed by atoms with E-state index >= 15 is 0 Å².